The van der Waals surface area contributed by atoms with Crippen LogP contribution in [0.1, 0.15) is 15.2 Å². The number of halogens is 1. The predicted molar refractivity (Wildman–Crippen MR) is 61.5 cm³/mol. The average molecular weight is 271 g/mol. The minimum Gasteiger partial charge on any atom is -0.506 e. The first-order valence-corrected chi connectivity index (χ1v) is 5.96. The van der Waals surface area contributed by atoms with Crippen molar-refractivity contribution < 1.29 is 9.90 Å². The van der Waals surface area contributed by atoms with Crippen molar-refractivity contribution in [3.63, 3.8) is 0 Å². The van der Waals surface area contributed by atoms with Crippen molar-refractivity contribution >= 4 is 43.6 Å². The van der Waals surface area contributed by atoms with E-state index in [2.05, 4.69) is 15.9 Å². The van der Waals surface area contributed by atoms with Gasteiger partial charge in [0.2, 0.25) is 0 Å². The summed E-state index contributed by atoms with van der Waals surface area (Å²) in [6.45, 7) is 0. The minimum atomic E-state index is 0.239. The Balaban J connectivity index is 2.86. The van der Waals surface area contributed by atoms with Crippen molar-refractivity contribution in [2.75, 3.05) is 0 Å². The second-order valence-corrected chi connectivity index (χ2v) is 4.51. The highest BCUT2D eigenvalue weighted by Crippen LogP contribution is 2.36. The van der Waals surface area contributed by atoms with E-state index in [9.17, 15) is 9.90 Å². The van der Waals surface area contributed by atoms with Crippen molar-refractivity contribution in [2.24, 2.45) is 0 Å². The van der Waals surface area contributed by atoms with Gasteiger partial charge in [-0.1, -0.05) is 28.1 Å². The highest BCUT2D eigenvalue weighted by atomic mass is 79.9. The van der Waals surface area contributed by atoms with Gasteiger partial charge in [-0.15, -0.1) is 11.3 Å². The number of alkyl halides is 1. The summed E-state index contributed by atoms with van der Waals surface area (Å²) in [7, 11) is 0. The summed E-state index contributed by atoms with van der Waals surface area (Å²) in [6.07, 6.45) is 0.842. The van der Waals surface area contributed by atoms with Crippen LogP contribution in [0.3, 0.4) is 0 Å². The van der Waals surface area contributed by atoms with E-state index in [-0.39, 0.29) is 5.75 Å². The molecule has 1 heterocycles. The highest BCUT2D eigenvalue weighted by Gasteiger charge is 2.12. The fraction of sp³-hybridized carbons (Fsp3) is 0.100. The van der Waals surface area contributed by atoms with Crippen molar-refractivity contribution in [3.8, 4) is 5.75 Å². The highest BCUT2D eigenvalue weighted by molar-refractivity contribution is 9.08. The zero-order valence-corrected chi connectivity index (χ0v) is 9.56. The van der Waals surface area contributed by atoms with Crippen molar-refractivity contribution in [1.82, 2.24) is 0 Å². The largest absolute Gasteiger partial charge is 0.506 e. The molecule has 0 radical (unpaired) electrons. The molecule has 0 saturated carbocycles. The molecular formula is C10H7BrO2S. The van der Waals surface area contributed by atoms with Crippen LogP contribution in [-0.4, -0.2) is 11.4 Å². The first kappa shape index (κ1) is 9.68. The second kappa shape index (κ2) is 3.71. The van der Waals surface area contributed by atoms with Crippen LogP contribution in [-0.2, 0) is 5.33 Å². The Kier molecular flexibility index (Phi) is 2.56. The molecular weight excluding hydrogens is 264 g/mol. The number of thiophene rings is 1. The van der Waals surface area contributed by atoms with Gasteiger partial charge in [-0.05, 0) is 6.07 Å². The molecule has 0 atom stereocenters. The van der Waals surface area contributed by atoms with Gasteiger partial charge in [0.25, 0.3) is 0 Å². The van der Waals surface area contributed by atoms with Gasteiger partial charge in [0.15, 0.2) is 6.29 Å². The third kappa shape index (κ3) is 1.35. The van der Waals surface area contributed by atoms with Gasteiger partial charge >= 0.3 is 0 Å². The monoisotopic (exact) mass is 270 g/mol. The maximum Gasteiger partial charge on any atom is 0.151 e. The second-order valence-electron chi connectivity index (χ2n) is 2.84. The normalized spacial score (nSPS) is 10.6. The fourth-order valence-electron chi connectivity index (χ4n) is 1.40. The summed E-state index contributed by atoms with van der Waals surface area (Å²) in [4.78, 5) is 11.8. The molecule has 0 aliphatic carbocycles. The molecule has 1 aromatic carbocycles. The number of fused-ring (bicyclic) bond motifs is 1. The molecule has 0 aliphatic heterocycles. The molecule has 2 nitrogen and oxygen atoms in total. The number of benzene rings is 1. The number of carbonyl (C=O) groups is 1. The van der Waals surface area contributed by atoms with Gasteiger partial charge in [0.1, 0.15) is 5.75 Å². The quantitative estimate of drug-likeness (QED) is 0.672. The Morgan fingerprint density at radius 2 is 2.29 bits per heavy atom. The SMILES string of the molecule is O=Cc1c(CBr)sc2c(O)cccc12. The molecule has 1 aromatic heterocycles. The van der Waals surface area contributed by atoms with Crippen LogP contribution >= 0.6 is 27.3 Å². The van der Waals surface area contributed by atoms with Crippen LogP contribution in [0.5, 0.6) is 5.75 Å². The molecule has 0 saturated heterocycles. The van der Waals surface area contributed by atoms with Crippen LogP contribution in [0, 0.1) is 0 Å². The van der Waals surface area contributed by atoms with Gasteiger partial charge in [-0.2, -0.15) is 0 Å². The molecule has 0 fully saturated rings. The summed E-state index contributed by atoms with van der Waals surface area (Å²) in [6, 6.07) is 5.22. The molecule has 0 spiro atoms. The van der Waals surface area contributed by atoms with Gasteiger partial charge in [-0.25, -0.2) is 0 Å². The number of carbonyl (C=O) groups excluding carboxylic acids is 1. The average Bonchev–Trinajstić information content (AvgIpc) is 2.57. The smallest absolute Gasteiger partial charge is 0.151 e. The predicted octanol–water partition coefficient (Wildman–Crippen LogP) is 3.31. The first-order valence-electron chi connectivity index (χ1n) is 4.02. The lowest BCUT2D eigenvalue weighted by Gasteiger charge is -1.92. The third-order valence-corrected chi connectivity index (χ3v) is 4.23. The summed E-state index contributed by atoms with van der Waals surface area (Å²) in [5.41, 5.74) is 0.678. The van der Waals surface area contributed by atoms with E-state index in [4.69, 9.17) is 0 Å². The molecule has 0 aliphatic rings. The van der Waals surface area contributed by atoms with E-state index in [0.29, 0.717) is 10.9 Å². The van der Waals surface area contributed by atoms with E-state index in [0.717, 1.165) is 21.2 Å². The minimum absolute atomic E-state index is 0.239. The van der Waals surface area contributed by atoms with Crippen molar-refractivity contribution in [1.29, 1.82) is 0 Å². The maximum absolute atomic E-state index is 10.9. The summed E-state index contributed by atoms with van der Waals surface area (Å²) in [5, 5.41) is 11.1. The van der Waals surface area contributed by atoms with Gasteiger partial charge < -0.3 is 5.11 Å². The molecule has 2 rings (SSSR count). The molecule has 14 heavy (non-hydrogen) atoms. The van der Waals surface area contributed by atoms with E-state index >= 15 is 0 Å². The lowest BCUT2D eigenvalue weighted by atomic mass is 10.1. The number of phenols is 1. The fourth-order valence-corrected chi connectivity index (χ4v) is 3.08. The maximum atomic E-state index is 10.9. The Bertz CT molecular complexity index is 490. The Labute approximate surface area is 93.3 Å². The lowest BCUT2D eigenvalue weighted by molar-refractivity contribution is 0.112. The van der Waals surface area contributed by atoms with E-state index in [1.807, 2.05) is 6.07 Å². The van der Waals surface area contributed by atoms with E-state index < -0.39 is 0 Å². The van der Waals surface area contributed by atoms with Gasteiger partial charge in [0.05, 0.1) is 4.70 Å². The standard InChI is InChI=1S/C10H7BrO2S/c11-4-9-7(5-12)6-2-1-3-8(13)10(6)14-9/h1-3,5,13H,4H2. The van der Waals surface area contributed by atoms with Crippen LogP contribution < -0.4 is 0 Å². The van der Waals surface area contributed by atoms with Crippen LogP contribution in [0.25, 0.3) is 10.1 Å². The number of aldehydes is 1. The lowest BCUT2D eigenvalue weighted by Crippen LogP contribution is -1.81. The molecule has 72 valence electrons. The number of hydrogen-bond donors (Lipinski definition) is 1. The topological polar surface area (TPSA) is 37.3 Å². The van der Waals surface area contributed by atoms with E-state index in [1.165, 1.54) is 11.3 Å². The zero-order valence-electron chi connectivity index (χ0n) is 7.16. The number of rotatable bonds is 2. The Morgan fingerprint density at radius 3 is 2.93 bits per heavy atom. The molecule has 0 bridgehead atoms. The van der Waals surface area contributed by atoms with Crippen molar-refractivity contribution in [3.05, 3.63) is 28.6 Å². The van der Waals surface area contributed by atoms with Crippen molar-refractivity contribution in [2.45, 2.75) is 5.33 Å². The Morgan fingerprint density at radius 1 is 1.50 bits per heavy atom. The molecule has 0 amide bonds. The van der Waals surface area contributed by atoms with Crippen LogP contribution in [0.4, 0.5) is 0 Å². The molecule has 2 aromatic rings. The molecule has 4 heteroatoms. The summed E-state index contributed by atoms with van der Waals surface area (Å²) in [5.74, 6) is 0.239. The summed E-state index contributed by atoms with van der Waals surface area (Å²) >= 11 is 4.77. The molecule has 1 N–H and O–H groups in total. The molecule has 0 unspecified atom stereocenters. The van der Waals surface area contributed by atoms with Gasteiger partial charge in [0, 0.05) is 21.2 Å². The third-order valence-electron chi connectivity index (χ3n) is 2.05. The Hall–Kier alpha value is -0.870. The first-order chi connectivity index (χ1) is 6.77. The van der Waals surface area contributed by atoms with E-state index in [1.54, 1.807) is 12.1 Å². The van der Waals surface area contributed by atoms with Crippen LogP contribution in [0.15, 0.2) is 18.2 Å². The summed E-state index contributed by atoms with van der Waals surface area (Å²) < 4.78 is 0.782. The van der Waals surface area contributed by atoms with Crippen LogP contribution in [0.2, 0.25) is 0 Å². The zero-order chi connectivity index (χ0) is 10.1. The number of aromatic hydroxyl groups is 1. The number of hydrogen-bond acceptors (Lipinski definition) is 3. The van der Waals surface area contributed by atoms with Gasteiger partial charge in [-0.3, -0.25) is 4.79 Å². The number of phenolic OH excluding ortho intramolecular Hbond substituents is 1.